The van der Waals surface area contributed by atoms with Gasteiger partial charge in [-0.3, -0.25) is 0 Å². The Morgan fingerprint density at radius 1 is 1.08 bits per heavy atom. The van der Waals surface area contributed by atoms with Gasteiger partial charge in [0.1, 0.15) is 0 Å². The number of halogens is 1. The molecular formula is C11H20ClN. The summed E-state index contributed by atoms with van der Waals surface area (Å²) in [5.74, 6) is 0. The van der Waals surface area contributed by atoms with Gasteiger partial charge in [0.25, 0.3) is 0 Å². The van der Waals surface area contributed by atoms with Crippen molar-refractivity contribution in [3.05, 3.63) is 34.9 Å². The van der Waals surface area contributed by atoms with Crippen LogP contribution in [0.3, 0.4) is 0 Å². The van der Waals surface area contributed by atoms with E-state index in [4.69, 9.17) is 0 Å². The third kappa shape index (κ3) is 4.30. The maximum absolute atomic E-state index is 2.29. The van der Waals surface area contributed by atoms with Crippen LogP contribution >= 0.6 is 12.4 Å². The molecule has 1 aromatic rings. The van der Waals surface area contributed by atoms with Crippen LogP contribution in [0.2, 0.25) is 0 Å². The lowest BCUT2D eigenvalue weighted by Crippen LogP contribution is -1.86. The molecule has 13 heavy (non-hydrogen) atoms. The lowest BCUT2D eigenvalue weighted by atomic mass is 10.0. The zero-order valence-electron chi connectivity index (χ0n) is 8.76. The van der Waals surface area contributed by atoms with Gasteiger partial charge in [0, 0.05) is 0 Å². The zero-order valence-corrected chi connectivity index (χ0v) is 9.58. The van der Waals surface area contributed by atoms with Gasteiger partial charge in [0.05, 0.1) is 0 Å². The van der Waals surface area contributed by atoms with Gasteiger partial charge in [-0.1, -0.05) is 31.5 Å². The Bertz CT molecular complexity index is 246. The first-order valence-corrected chi connectivity index (χ1v) is 4.30. The number of benzene rings is 1. The van der Waals surface area contributed by atoms with E-state index < -0.39 is 0 Å². The van der Waals surface area contributed by atoms with Crippen molar-refractivity contribution in [1.29, 1.82) is 0 Å². The Hall–Kier alpha value is -0.530. The highest BCUT2D eigenvalue weighted by Gasteiger charge is 1.93. The van der Waals surface area contributed by atoms with Crippen LogP contribution in [0.4, 0.5) is 0 Å². The van der Waals surface area contributed by atoms with Crippen molar-refractivity contribution < 1.29 is 0 Å². The van der Waals surface area contributed by atoms with E-state index in [1.54, 1.807) is 0 Å². The van der Waals surface area contributed by atoms with Gasteiger partial charge in [-0.2, -0.15) is 0 Å². The molecule has 0 atom stereocenters. The molecule has 0 spiro atoms. The number of aryl methyl sites for hydroxylation is 3. The summed E-state index contributed by atoms with van der Waals surface area (Å²) in [4.78, 5) is 0. The lowest BCUT2D eigenvalue weighted by molar-refractivity contribution is 0.919. The first-order valence-electron chi connectivity index (χ1n) is 4.30. The second kappa shape index (κ2) is 6.93. The summed E-state index contributed by atoms with van der Waals surface area (Å²) in [7, 11) is 0. The summed E-state index contributed by atoms with van der Waals surface area (Å²) in [6.07, 6.45) is 2.45. The van der Waals surface area contributed by atoms with Gasteiger partial charge in [0.15, 0.2) is 0 Å². The smallest absolute Gasteiger partial charge is 0.0281 e. The predicted molar refractivity (Wildman–Crippen MR) is 62.2 cm³/mol. The molecule has 0 aliphatic rings. The Labute approximate surface area is 87.5 Å². The molecule has 1 nitrogen and oxygen atoms in total. The molecule has 0 fully saturated rings. The third-order valence-corrected chi connectivity index (χ3v) is 2.11. The molecule has 0 radical (unpaired) electrons. The maximum atomic E-state index is 2.29. The monoisotopic (exact) mass is 201 g/mol. The Balaban J connectivity index is 0. The van der Waals surface area contributed by atoms with E-state index in [0.29, 0.717) is 0 Å². The van der Waals surface area contributed by atoms with Crippen LogP contribution in [0, 0.1) is 13.8 Å². The predicted octanol–water partition coefficient (Wildman–Crippen LogP) is 3.84. The summed E-state index contributed by atoms with van der Waals surface area (Å²) in [6, 6.07) is 6.73. The largest absolute Gasteiger partial charge is 0.344 e. The molecule has 0 saturated heterocycles. The summed E-state index contributed by atoms with van der Waals surface area (Å²) in [5, 5.41) is 0. The molecule has 1 aromatic carbocycles. The molecule has 0 aliphatic carbocycles. The summed E-state index contributed by atoms with van der Waals surface area (Å²) >= 11 is 0. The number of rotatable bonds is 2. The normalized spacial score (nSPS) is 8.54. The van der Waals surface area contributed by atoms with Gasteiger partial charge >= 0.3 is 0 Å². The van der Waals surface area contributed by atoms with Crippen molar-refractivity contribution in [2.24, 2.45) is 0 Å². The summed E-state index contributed by atoms with van der Waals surface area (Å²) in [5.41, 5.74) is 4.27. The molecule has 0 bridgehead atoms. The highest BCUT2D eigenvalue weighted by atomic mass is 35.5. The minimum atomic E-state index is 0. The maximum Gasteiger partial charge on any atom is -0.0281 e. The van der Waals surface area contributed by atoms with Gasteiger partial charge in [-0.25, -0.2) is 0 Å². The van der Waals surface area contributed by atoms with E-state index in [9.17, 15) is 0 Å². The molecule has 76 valence electrons. The third-order valence-electron chi connectivity index (χ3n) is 2.11. The standard InChI is InChI=1S/C11H16.ClH.H3N/c1-4-5-11-7-6-9(2)10(3)8-11;;/h6-8H,4-5H2,1-3H3;1H;1H3. The number of hydrogen-bond donors (Lipinski definition) is 1. The zero-order chi connectivity index (χ0) is 8.27. The molecule has 0 amide bonds. The van der Waals surface area contributed by atoms with Crippen molar-refractivity contribution in [2.75, 3.05) is 0 Å². The topological polar surface area (TPSA) is 35.0 Å². The highest BCUT2D eigenvalue weighted by Crippen LogP contribution is 2.10. The second-order valence-electron chi connectivity index (χ2n) is 3.17. The van der Waals surface area contributed by atoms with Crippen molar-refractivity contribution in [2.45, 2.75) is 33.6 Å². The molecular weight excluding hydrogens is 182 g/mol. The lowest BCUT2D eigenvalue weighted by Gasteiger charge is -2.02. The first kappa shape index (κ1) is 15.0. The van der Waals surface area contributed by atoms with Gasteiger partial charge < -0.3 is 6.15 Å². The Kier molecular flexibility index (Phi) is 7.98. The molecule has 0 heterocycles. The highest BCUT2D eigenvalue weighted by molar-refractivity contribution is 5.85. The minimum Gasteiger partial charge on any atom is -0.344 e. The van der Waals surface area contributed by atoms with E-state index in [1.165, 1.54) is 29.5 Å². The van der Waals surface area contributed by atoms with Crippen LogP contribution in [0.15, 0.2) is 18.2 Å². The van der Waals surface area contributed by atoms with Gasteiger partial charge in [-0.05, 0) is 37.0 Å². The molecule has 0 saturated carbocycles. The molecule has 3 N–H and O–H groups in total. The molecule has 0 unspecified atom stereocenters. The van der Waals surface area contributed by atoms with Crippen LogP contribution in [-0.2, 0) is 6.42 Å². The van der Waals surface area contributed by atoms with Crippen LogP contribution in [0.1, 0.15) is 30.0 Å². The Morgan fingerprint density at radius 3 is 2.15 bits per heavy atom. The average Bonchev–Trinajstić information content (AvgIpc) is 1.98. The van der Waals surface area contributed by atoms with Crippen LogP contribution in [-0.4, -0.2) is 0 Å². The number of hydrogen-bond acceptors (Lipinski definition) is 1. The van der Waals surface area contributed by atoms with Crippen molar-refractivity contribution in [3.63, 3.8) is 0 Å². The second-order valence-corrected chi connectivity index (χ2v) is 3.17. The molecule has 0 aromatic heterocycles. The van der Waals surface area contributed by atoms with E-state index in [-0.39, 0.29) is 18.6 Å². The van der Waals surface area contributed by atoms with Crippen molar-refractivity contribution in [3.8, 4) is 0 Å². The van der Waals surface area contributed by atoms with E-state index in [2.05, 4.69) is 39.0 Å². The van der Waals surface area contributed by atoms with Crippen molar-refractivity contribution >= 4 is 12.4 Å². The summed E-state index contributed by atoms with van der Waals surface area (Å²) in [6.45, 7) is 6.55. The summed E-state index contributed by atoms with van der Waals surface area (Å²) < 4.78 is 0. The minimum absolute atomic E-state index is 0. The molecule has 2 heteroatoms. The molecule has 1 rings (SSSR count). The van der Waals surface area contributed by atoms with Crippen LogP contribution in [0.25, 0.3) is 0 Å². The van der Waals surface area contributed by atoms with Crippen LogP contribution in [0.5, 0.6) is 0 Å². The fourth-order valence-corrected chi connectivity index (χ4v) is 1.25. The van der Waals surface area contributed by atoms with E-state index in [1.807, 2.05) is 0 Å². The van der Waals surface area contributed by atoms with E-state index >= 15 is 0 Å². The van der Waals surface area contributed by atoms with E-state index in [0.717, 1.165) is 0 Å². The van der Waals surface area contributed by atoms with Crippen molar-refractivity contribution in [1.82, 2.24) is 6.15 Å². The molecule has 0 aliphatic heterocycles. The fourth-order valence-electron chi connectivity index (χ4n) is 1.25. The van der Waals surface area contributed by atoms with Crippen LogP contribution < -0.4 is 6.15 Å². The quantitative estimate of drug-likeness (QED) is 0.776. The van der Waals surface area contributed by atoms with Gasteiger partial charge in [-0.15, -0.1) is 12.4 Å². The SMILES string of the molecule is CCCc1ccc(C)c(C)c1.Cl.N. The fraction of sp³-hybridized carbons (Fsp3) is 0.455. The van der Waals surface area contributed by atoms with Gasteiger partial charge in [0.2, 0.25) is 0 Å². The average molecular weight is 202 g/mol. The first-order chi connectivity index (χ1) is 5.24. The Morgan fingerprint density at radius 2 is 1.69 bits per heavy atom.